The van der Waals surface area contributed by atoms with Gasteiger partial charge >= 0.3 is 6.03 Å². The minimum Gasteiger partial charge on any atom is -0.489 e. The van der Waals surface area contributed by atoms with Gasteiger partial charge in [-0.3, -0.25) is 25.0 Å². The Bertz CT molecular complexity index is 1380. The smallest absolute Gasteiger partial charge is 0.335 e. The molecule has 0 unspecified atom stereocenters. The third-order valence-corrected chi connectivity index (χ3v) is 5.47. The van der Waals surface area contributed by atoms with Crippen LogP contribution in [-0.2, 0) is 16.2 Å². The lowest BCUT2D eigenvalue weighted by Crippen LogP contribution is -2.54. The number of anilines is 1. The molecule has 3 aromatic rings. The number of carbonyl (C=O) groups is 3. The summed E-state index contributed by atoms with van der Waals surface area (Å²) >= 11 is 6.04. The summed E-state index contributed by atoms with van der Waals surface area (Å²) in [5, 5.41) is 13.3. The molecule has 4 rings (SSSR count). The quantitative estimate of drug-likeness (QED) is 0.229. The molecule has 0 saturated carbocycles. The number of aryl methyl sites for hydroxylation is 1. The lowest BCUT2D eigenvalue weighted by atomic mass is 10.1. The van der Waals surface area contributed by atoms with Crippen LogP contribution in [0.4, 0.5) is 16.2 Å². The van der Waals surface area contributed by atoms with Crippen molar-refractivity contribution in [3.8, 4) is 5.75 Å². The Morgan fingerprint density at radius 3 is 2.51 bits per heavy atom. The molecule has 1 heterocycles. The van der Waals surface area contributed by atoms with Crippen LogP contribution in [0.15, 0.2) is 72.3 Å². The standard InChI is InChI=1S/C25H18ClN3O6/c1-15-5-8-18(26)13-22(15)28-24(31)21(23(30)27-25(28)32)12-17-3-2-4-20(11-17)35-14-16-6-9-19(10-7-16)29(33)34/h2-13H,14H2,1H3,(H,27,30,32)/b21-12+. The van der Waals surface area contributed by atoms with Crippen LogP contribution in [0.2, 0.25) is 5.02 Å². The number of nitrogens with one attached hydrogen (secondary N) is 1. The Hall–Kier alpha value is -4.50. The van der Waals surface area contributed by atoms with E-state index in [1.54, 1.807) is 55.5 Å². The number of non-ortho nitro benzene ring substituents is 1. The van der Waals surface area contributed by atoms with E-state index in [0.29, 0.717) is 21.9 Å². The lowest BCUT2D eigenvalue weighted by Gasteiger charge is -2.27. The van der Waals surface area contributed by atoms with E-state index in [9.17, 15) is 24.5 Å². The highest BCUT2D eigenvalue weighted by Crippen LogP contribution is 2.28. The van der Waals surface area contributed by atoms with Gasteiger partial charge in [-0.2, -0.15) is 0 Å². The first-order chi connectivity index (χ1) is 16.7. The first-order valence-electron chi connectivity index (χ1n) is 10.4. The van der Waals surface area contributed by atoms with Gasteiger partial charge in [0.05, 0.1) is 10.6 Å². The zero-order chi connectivity index (χ0) is 25.1. The van der Waals surface area contributed by atoms with Crippen LogP contribution in [0.3, 0.4) is 0 Å². The van der Waals surface area contributed by atoms with Gasteiger partial charge in [0.1, 0.15) is 17.9 Å². The molecule has 1 N–H and O–H groups in total. The molecule has 4 amide bonds. The van der Waals surface area contributed by atoms with Crippen LogP contribution < -0.4 is 15.0 Å². The highest BCUT2D eigenvalue weighted by molar-refractivity contribution is 6.39. The fourth-order valence-electron chi connectivity index (χ4n) is 3.44. The number of ether oxygens (including phenoxy) is 1. The third-order valence-electron chi connectivity index (χ3n) is 5.24. The molecule has 35 heavy (non-hydrogen) atoms. The van der Waals surface area contributed by atoms with Crippen molar-refractivity contribution in [2.75, 3.05) is 4.90 Å². The molecular formula is C25H18ClN3O6. The maximum absolute atomic E-state index is 13.1. The zero-order valence-corrected chi connectivity index (χ0v) is 19.1. The number of hydrogen-bond acceptors (Lipinski definition) is 6. The molecule has 1 aliphatic rings. The molecule has 176 valence electrons. The summed E-state index contributed by atoms with van der Waals surface area (Å²) in [5.74, 6) is -1.13. The molecule has 0 bridgehead atoms. The van der Waals surface area contributed by atoms with Crippen LogP contribution in [0.1, 0.15) is 16.7 Å². The van der Waals surface area contributed by atoms with E-state index >= 15 is 0 Å². The summed E-state index contributed by atoms with van der Waals surface area (Å²) in [6.07, 6.45) is 1.37. The van der Waals surface area contributed by atoms with Crippen molar-refractivity contribution in [2.24, 2.45) is 0 Å². The maximum atomic E-state index is 13.1. The number of urea groups is 1. The number of nitro benzene ring substituents is 1. The Morgan fingerprint density at radius 2 is 1.80 bits per heavy atom. The maximum Gasteiger partial charge on any atom is 0.335 e. The van der Waals surface area contributed by atoms with Crippen LogP contribution in [0.25, 0.3) is 6.08 Å². The van der Waals surface area contributed by atoms with Gasteiger partial charge in [0.25, 0.3) is 17.5 Å². The normalized spacial score (nSPS) is 14.7. The first-order valence-corrected chi connectivity index (χ1v) is 10.7. The summed E-state index contributed by atoms with van der Waals surface area (Å²) in [6, 6.07) is 16.6. The summed E-state index contributed by atoms with van der Waals surface area (Å²) in [5.41, 5.74) is 1.90. The van der Waals surface area contributed by atoms with Gasteiger partial charge in [0.2, 0.25) is 0 Å². The largest absolute Gasteiger partial charge is 0.489 e. The number of imide groups is 2. The van der Waals surface area contributed by atoms with Crippen molar-refractivity contribution in [1.29, 1.82) is 0 Å². The number of barbiturate groups is 1. The first kappa shape index (κ1) is 23.7. The Labute approximate surface area is 204 Å². The molecule has 1 aliphatic heterocycles. The van der Waals surface area contributed by atoms with E-state index in [1.165, 1.54) is 24.3 Å². The van der Waals surface area contributed by atoms with Crippen LogP contribution in [0, 0.1) is 17.0 Å². The topological polar surface area (TPSA) is 119 Å². The monoisotopic (exact) mass is 491 g/mol. The molecule has 0 spiro atoms. The second kappa shape index (κ2) is 9.78. The predicted octanol–water partition coefficient (Wildman–Crippen LogP) is 4.80. The number of hydrogen-bond donors (Lipinski definition) is 1. The van der Waals surface area contributed by atoms with E-state index in [4.69, 9.17) is 16.3 Å². The Kier molecular flexibility index (Phi) is 6.61. The predicted molar refractivity (Wildman–Crippen MR) is 129 cm³/mol. The molecule has 1 fully saturated rings. The van der Waals surface area contributed by atoms with Gasteiger partial charge < -0.3 is 4.74 Å². The van der Waals surface area contributed by atoms with E-state index in [0.717, 1.165) is 10.5 Å². The van der Waals surface area contributed by atoms with Gasteiger partial charge in [-0.1, -0.05) is 29.8 Å². The molecule has 0 aliphatic carbocycles. The summed E-state index contributed by atoms with van der Waals surface area (Å²) in [4.78, 5) is 49.2. The molecule has 3 aromatic carbocycles. The van der Waals surface area contributed by atoms with Gasteiger partial charge in [-0.05, 0) is 66.1 Å². The average Bonchev–Trinajstić information content (AvgIpc) is 2.83. The molecule has 0 atom stereocenters. The van der Waals surface area contributed by atoms with E-state index in [2.05, 4.69) is 5.32 Å². The average molecular weight is 492 g/mol. The third kappa shape index (κ3) is 5.20. The van der Waals surface area contributed by atoms with Gasteiger partial charge in [0, 0.05) is 17.2 Å². The number of benzene rings is 3. The van der Waals surface area contributed by atoms with Crippen LogP contribution >= 0.6 is 11.6 Å². The molecule has 9 nitrogen and oxygen atoms in total. The van der Waals surface area contributed by atoms with Crippen LogP contribution in [-0.4, -0.2) is 22.8 Å². The van der Waals surface area contributed by atoms with Crippen LogP contribution in [0.5, 0.6) is 5.75 Å². The fraction of sp³-hybridized carbons (Fsp3) is 0.0800. The Balaban J connectivity index is 1.56. The van der Waals surface area contributed by atoms with Gasteiger partial charge in [0.15, 0.2) is 0 Å². The SMILES string of the molecule is Cc1ccc(Cl)cc1N1C(=O)NC(=O)/C(=C\c2cccc(OCc3ccc([N+](=O)[O-])cc3)c2)C1=O. The number of amides is 4. The van der Waals surface area contributed by atoms with Crippen molar-refractivity contribution >= 4 is 46.9 Å². The summed E-state index contributed by atoms with van der Waals surface area (Å²) in [7, 11) is 0. The Morgan fingerprint density at radius 1 is 1.06 bits per heavy atom. The van der Waals surface area contributed by atoms with Crippen molar-refractivity contribution < 1.29 is 24.0 Å². The molecular weight excluding hydrogens is 474 g/mol. The van der Waals surface area contributed by atoms with Crippen molar-refractivity contribution in [3.05, 3.63) is 104 Å². The highest BCUT2D eigenvalue weighted by atomic mass is 35.5. The minimum absolute atomic E-state index is 0.0155. The lowest BCUT2D eigenvalue weighted by molar-refractivity contribution is -0.384. The number of nitrogens with zero attached hydrogens (tertiary/aromatic N) is 2. The number of rotatable bonds is 6. The summed E-state index contributed by atoms with van der Waals surface area (Å²) in [6.45, 7) is 1.88. The number of carbonyl (C=O) groups excluding carboxylic acids is 3. The second-order valence-corrected chi connectivity index (χ2v) is 8.11. The number of nitro groups is 1. The van der Waals surface area contributed by atoms with E-state index in [-0.39, 0.29) is 23.6 Å². The minimum atomic E-state index is -0.859. The van der Waals surface area contributed by atoms with Gasteiger partial charge in [-0.15, -0.1) is 0 Å². The highest BCUT2D eigenvalue weighted by Gasteiger charge is 2.37. The van der Waals surface area contributed by atoms with E-state index in [1.807, 2.05) is 0 Å². The van der Waals surface area contributed by atoms with Crippen molar-refractivity contribution in [1.82, 2.24) is 5.32 Å². The number of halogens is 1. The molecule has 1 saturated heterocycles. The second-order valence-electron chi connectivity index (χ2n) is 7.67. The molecule has 10 heteroatoms. The summed E-state index contributed by atoms with van der Waals surface area (Å²) < 4.78 is 5.75. The van der Waals surface area contributed by atoms with Crippen molar-refractivity contribution in [3.63, 3.8) is 0 Å². The molecule has 0 radical (unpaired) electrons. The molecule has 0 aromatic heterocycles. The van der Waals surface area contributed by atoms with Crippen molar-refractivity contribution in [2.45, 2.75) is 13.5 Å². The zero-order valence-electron chi connectivity index (χ0n) is 18.4. The van der Waals surface area contributed by atoms with Gasteiger partial charge in [-0.25, -0.2) is 9.69 Å². The van der Waals surface area contributed by atoms with E-state index < -0.39 is 22.8 Å². The fourth-order valence-corrected chi connectivity index (χ4v) is 3.61.